The number of rotatable bonds is 6. The van der Waals surface area contributed by atoms with Crippen LogP contribution in [0.25, 0.3) is 0 Å². The summed E-state index contributed by atoms with van der Waals surface area (Å²) in [6.45, 7) is 4.14. The minimum absolute atomic E-state index is 0.0871. The molecule has 0 bridgehead atoms. The predicted octanol–water partition coefficient (Wildman–Crippen LogP) is 5.55. The number of anilines is 1. The maximum atomic E-state index is 12.3. The summed E-state index contributed by atoms with van der Waals surface area (Å²) in [5, 5.41) is 12.9. The lowest BCUT2D eigenvalue weighted by molar-refractivity contribution is -0.113. The molecule has 0 aliphatic heterocycles. The van der Waals surface area contributed by atoms with Gasteiger partial charge in [0.2, 0.25) is 5.91 Å². The van der Waals surface area contributed by atoms with Crippen LogP contribution in [0, 0.1) is 0 Å². The Kier molecular flexibility index (Phi) is 6.84. The van der Waals surface area contributed by atoms with Crippen LogP contribution in [0.2, 0.25) is 10.0 Å². The van der Waals surface area contributed by atoms with Crippen molar-refractivity contribution in [3.8, 4) is 5.75 Å². The summed E-state index contributed by atoms with van der Waals surface area (Å²) >= 11 is 13.1. The molecule has 0 saturated heterocycles. The molecule has 0 heterocycles. The van der Waals surface area contributed by atoms with E-state index in [0.29, 0.717) is 0 Å². The topological polar surface area (TPSA) is 49.3 Å². The van der Waals surface area contributed by atoms with E-state index in [1.165, 1.54) is 11.8 Å². The van der Waals surface area contributed by atoms with Gasteiger partial charge in [0.1, 0.15) is 0 Å². The van der Waals surface area contributed by atoms with Crippen molar-refractivity contribution < 1.29 is 9.90 Å². The van der Waals surface area contributed by atoms with Crippen LogP contribution in [0.5, 0.6) is 5.75 Å². The number of carbonyl (C=O) groups excluding carboxylic acids is 1. The molecule has 0 aliphatic rings. The molecule has 0 saturated carbocycles. The maximum absolute atomic E-state index is 12.3. The van der Waals surface area contributed by atoms with Crippen LogP contribution in [0.4, 0.5) is 5.69 Å². The van der Waals surface area contributed by atoms with E-state index in [4.69, 9.17) is 23.2 Å². The van der Waals surface area contributed by atoms with Crippen molar-refractivity contribution in [2.75, 3.05) is 11.1 Å². The fourth-order valence-corrected chi connectivity index (χ4v) is 3.74. The van der Waals surface area contributed by atoms with Gasteiger partial charge >= 0.3 is 0 Å². The third-order valence-corrected chi connectivity index (χ3v) is 5.18. The number of aromatic hydroxyl groups is 1. The van der Waals surface area contributed by atoms with Gasteiger partial charge < -0.3 is 10.4 Å². The van der Waals surface area contributed by atoms with Crippen molar-refractivity contribution in [1.82, 2.24) is 0 Å². The molecular formula is C18H19Cl2NO2S. The zero-order valence-electron chi connectivity index (χ0n) is 13.5. The first kappa shape index (κ1) is 19.0. The molecule has 0 aromatic heterocycles. The number of phenolic OH excluding ortho intramolecular Hbond substituents is 1. The van der Waals surface area contributed by atoms with Crippen LogP contribution in [0.3, 0.4) is 0 Å². The van der Waals surface area contributed by atoms with E-state index in [1.54, 1.807) is 12.1 Å². The Balaban J connectivity index is 2.07. The number of benzene rings is 2. The summed E-state index contributed by atoms with van der Waals surface area (Å²) in [6, 6.07) is 9.27. The number of nitrogens with one attached hydrogen (secondary N) is 1. The SMILES string of the molecule is CCc1cccc(CC)c1NC(=O)CSc1cc(Cl)c(O)c(Cl)c1. The first-order chi connectivity index (χ1) is 11.5. The second-order valence-electron chi connectivity index (χ2n) is 5.23. The number of thioether (sulfide) groups is 1. The fourth-order valence-electron chi connectivity index (χ4n) is 2.35. The molecule has 6 heteroatoms. The van der Waals surface area contributed by atoms with Crippen LogP contribution in [0.1, 0.15) is 25.0 Å². The second-order valence-corrected chi connectivity index (χ2v) is 7.09. The first-order valence-corrected chi connectivity index (χ1v) is 9.41. The Morgan fingerprint density at radius 1 is 1.12 bits per heavy atom. The molecule has 1 amide bonds. The van der Waals surface area contributed by atoms with Crippen molar-refractivity contribution in [3.63, 3.8) is 0 Å². The monoisotopic (exact) mass is 383 g/mol. The molecule has 0 aliphatic carbocycles. The first-order valence-electron chi connectivity index (χ1n) is 7.67. The Hall–Kier alpha value is -1.36. The second kappa shape index (κ2) is 8.65. The molecule has 0 fully saturated rings. The summed E-state index contributed by atoms with van der Waals surface area (Å²) in [7, 11) is 0. The number of amides is 1. The van der Waals surface area contributed by atoms with E-state index in [9.17, 15) is 9.90 Å². The van der Waals surface area contributed by atoms with Gasteiger partial charge in [0.25, 0.3) is 0 Å². The molecule has 2 aromatic rings. The molecule has 24 heavy (non-hydrogen) atoms. The van der Waals surface area contributed by atoms with Crippen LogP contribution in [0.15, 0.2) is 35.2 Å². The van der Waals surface area contributed by atoms with Gasteiger partial charge in [0.15, 0.2) is 5.75 Å². The fraction of sp³-hybridized carbons (Fsp3) is 0.278. The van der Waals surface area contributed by atoms with Gasteiger partial charge in [-0.05, 0) is 36.1 Å². The number of para-hydroxylation sites is 1. The van der Waals surface area contributed by atoms with Crippen LogP contribution in [-0.4, -0.2) is 16.8 Å². The van der Waals surface area contributed by atoms with Gasteiger partial charge in [-0.15, -0.1) is 11.8 Å². The lowest BCUT2D eigenvalue weighted by atomic mass is 10.0. The molecule has 128 valence electrons. The number of halogens is 2. The highest BCUT2D eigenvalue weighted by Gasteiger charge is 2.12. The molecule has 3 nitrogen and oxygen atoms in total. The summed E-state index contributed by atoms with van der Waals surface area (Å²) in [5.41, 5.74) is 3.17. The summed E-state index contributed by atoms with van der Waals surface area (Å²) < 4.78 is 0. The number of hydrogen-bond acceptors (Lipinski definition) is 3. The van der Waals surface area contributed by atoms with E-state index in [0.717, 1.165) is 34.6 Å². The van der Waals surface area contributed by atoms with Crippen LogP contribution >= 0.6 is 35.0 Å². The average molecular weight is 384 g/mol. The summed E-state index contributed by atoms with van der Waals surface area (Å²) in [4.78, 5) is 13.0. The van der Waals surface area contributed by atoms with Gasteiger partial charge in [0, 0.05) is 10.6 Å². The van der Waals surface area contributed by atoms with Gasteiger partial charge in [-0.2, -0.15) is 0 Å². The van der Waals surface area contributed by atoms with Crippen molar-refractivity contribution >= 4 is 46.6 Å². The molecule has 0 atom stereocenters. The van der Waals surface area contributed by atoms with Crippen molar-refractivity contribution in [1.29, 1.82) is 0 Å². The maximum Gasteiger partial charge on any atom is 0.234 e. The highest BCUT2D eigenvalue weighted by atomic mass is 35.5. The Labute approximate surface area is 156 Å². The van der Waals surface area contributed by atoms with Gasteiger partial charge in [0.05, 0.1) is 15.8 Å². The number of carbonyl (C=O) groups is 1. The van der Waals surface area contributed by atoms with E-state index in [2.05, 4.69) is 19.2 Å². The van der Waals surface area contributed by atoms with E-state index in [-0.39, 0.29) is 27.5 Å². The average Bonchev–Trinajstić information content (AvgIpc) is 2.57. The zero-order chi connectivity index (χ0) is 17.7. The number of phenols is 1. The number of aryl methyl sites for hydroxylation is 2. The van der Waals surface area contributed by atoms with E-state index in [1.807, 2.05) is 18.2 Å². The van der Waals surface area contributed by atoms with Gasteiger partial charge in [-0.25, -0.2) is 0 Å². The third kappa shape index (κ3) is 4.59. The molecule has 0 radical (unpaired) electrons. The zero-order valence-corrected chi connectivity index (χ0v) is 15.9. The van der Waals surface area contributed by atoms with Crippen molar-refractivity contribution in [2.24, 2.45) is 0 Å². The van der Waals surface area contributed by atoms with E-state index >= 15 is 0 Å². The largest absolute Gasteiger partial charge is 0.505 e. The Morgan fingerprint density at radius 2 is 1.67 bits per heavy atom. The lowest BCUT2D eigenvalue weighted by Crippen LogP contribution is -2.16. The van der Waals surface area contributed by atoms with Crippen LogP contribution in [-0.2, 0) is 17.6 Å². The Morgan fingerprint density at radius 3 is 2.17 bits per heavy atom. The van der Waals surface area contributed by atoms with Crippen molar-refractivity contribution in [3.05, 3.63) is 51.5 Å². The third-order valence-electron chi connectivity index (χ3n) is 3.62. The molecule has 0 spiro atoms. The van der Waals surface area contributed by atoms with Crippen LogP contribution < -0.4 is 5.32 Å². The van der Waals surface area contributed by atoms with Crippen molar-refractivity contribution in [2.45, 2.75) is 31.6 Å². The van der Waals surface area contributed by atoms with Gasteiger partial charge in [-0.3, -0.25) is 4.79 Å². The summed E-state index contributed by atoms with van der Waals surface area (Å²) in [5.74, 6) is 0.00561. The Bertz CT molecular complexity index is 705. The highest BCUT2D eigenvalue weighted by molar-refractivity contribution is 8.00. The quantitative estimate of drug-likeness (QED) is 0.642. The van der Waals surface area contributed by atoms with Gasteiger partial charge in [-0.1, -0.05) is 55.2 Å². The predicted molar refractivity (Wildman–Crippen MR) is 103 cm³/mol. The number of hydrogen-bond donors (Lipinski definition) is 2. The standard InChI is InChI=1S/C18H19Cl2NO2S/c1-3-11-6-5-7-12(4-2)17(11)21-16(22)10-24-13-8-14(19)18(23)15(20)9-13/h5-9,23H,3-4,10H2,1-2H3,(H,21,22). The normalized spacial score (nSPS) is 10.7. The lowest BCUT2D eigenvalue weighted by Gasteiger charge is -2.14. The molecule has 0 unspecified atom stereocenters. The summed E-state index contributed by atoms with van der Waals surface area (Å²) in [6.07, 6.45) is 1.72. The highest BCUT2D eigenvalue weighted by Crippen LogP contribution is 2.36. The smallest absolute Gasteiger partial charge is 0.234 e. The molecular weight excluding hydrogens is 365 g/mol. The molecule has 2 N–H and O–H groups in total. The molecule has 2 aromatic carbocycles. The minimum Gasteiger partial charge on any atom is -0.505 e. The minimum atomic E-state index is -0.142. The van der Waals surface area contributed by atoms with E-state index < -0.39 is 0 Å². The molecule has 2 rings (SSSR count).